The van der Waals surface area contributed by atoms with E-state index in [1.165, 1.54) is 0 Å². The van der Waals surface area contributed by atoms with Gasteiger partial charge >= 0.3 is 0 Å². The van der Waals surface area contributed by atoms with E-state index in [9.17, 15) is 0 Å². The first-order valence-corrected chi connectivity index (χ1v) is 7.24. The van der Waals surface area contributed by atoms with Crippen molar-refractivity contribution >= 4 is 15.9 Å². The summed E-state index contributed by atoms with van der Waals surface area (Å²) in [5, 5.41) is 0. The van der Waals surface area contributed by atoms with Crippen LogP contribution >= 0.6 is 15.9 Å². The summed E-state index contributed by atoms with van der Waals surface area (Å²) in [5.74, 6) is 7.26. The maximum Gasteiger partial charge on any atom is 0.123 e. The molecule has 0 amide bonds. The summed E-state index contributed by atoms with van der Waals surface area (Å²) in [6, 6.07) is 7.57. The molecule has 0 spiro atoms. The van der Waals surface area contributed by atoms with Gasteiger partial charge < -0.3 is 9.47 Å². The van der Waals surface area contributed by atoms with Crippen LogP contribution in [0.4, 0.5) is 0 Å². The van der Waals surface area contributed by atoms with Crippen LogP contribution in [0.1, 0.15) is 17.2 Å². The van der Waals surface area contributed by atoms with E-state index in [-0.39, 0.29) is 6.04 Å². The standard InChI is InChI=1S/C15H18BrN3O2/c1-20-12-3-4-15(21-2)13(7-12)14(19-17)6-10-5-11(16)9-18-8-10/h3-5,7-9,14,19H,6,17H2,1-2H3. The summed E-state index contributed by atoms with van der Waals surface area (Å²) in [7, 11) is 3.27. The van der Waals surface area contributed by atoms with E-state index in [2.05, 4.69) is 26.3 Å². The summed E-state index contributed by atoms with van der Waals surface area (Å²) < 4.78 is 11.6. The van der Waals surface area contributed by atoms with Crippen molar-refractivity contribution < 1.29 is 9.47 Å². The molecule has 6 heteroatoms. The number of hydrogen-bond acceptors (Lipinski definition) is 5. The Hall–Kier alpha value is -1.63. The Morgan fingerprint density at radius 2 is 2.05 bits per heavy atom. The van der Waals surface area contributed by atoms with Crippen LogP contribution in [0.5, 0.6) is 11.5 Å². The number of methoxy groups -OCH3 is 2. The van der Waals surface area contributed by atoms with Crippen LogP contribution in [0, 0.1) is 0 Å². The molecule has 1 heterocycles. The van der Waals surface area contributed by atoms with Gasteiger partial charge in [0, 0.05) is 22.4 Å². The Kier molecular flexibility index (Phi) is 5.55. The van der Waals surface area contributed by atoms with Crippen LogP contribution < -0.4 is 20.7 Å². The molecule has 0 saturated heterocycles. The first-order valence-electron chi connectivity index (χ1n) is 6.45. The van der Waals surface area contributed by atoms with Crippen molar-refractivity contribution in [3.63, 3.8) is 0 Å². The molecule has 0 aliphatic heterocycles. The lowest BCUT2D eigenvalue weighted by Crippen LogP contribution is -2.30. The second-order valence-electron chi connectivity index (χ2n) is 4.54. The number of rotatable bonds is 6. The number of nitrogens with two attached hydrogens (primary N) is 1. The predicted octanol–water partition coefficient (Wildman–Crippen LogP) is 2.61. The van der Waals surface area contributed by atoms with E-state index in [0.29, 0.717) is 6.42 Å². The van der Waals surface area contributed by atoms with E-state index >= 15 is 0 Å². The van der Waals surface area contributed by atoms with Gasteiger partial charge in [0.15, 0.2) is 0 Å². The van der Waals surface area contributed by atoms with Crippen LogP contribution in [0.25, 0.3) is 0 Å². The molecule has 2 rings (SSSR count). The fraction of sp³-hybridized carbons (Fsp3) is 0.267. The minimum absolute atomic E-state index is 0.105. The fourth-order valence-corrected chi connectivity index (χ4v) is 2.59. The first-order chi connectivity index (χ1) is 10.2. The molecule has 0 aliphatic carbocycles. The molecule has 1 atom stereocenters. The highest BCUT2D eigenvalue weighted by molar-refractivity contribution is 9.10. The molecule has 0 radical (unpaired) electrons. The van der Waals surface area contributed by atoms with Gasteiger partial charge in [-0.3, -0.25) is 16.3 Å². The molecule has 0 bridgehead atoms. The first kappa shape index (κ1) is 15.8. The highest BCUT2D eigenvalue weighted by Gasteiger charge is 2.17. The number of aromatic nitrogens is 1. The third-order valence-corrected chi connectivity index (χ3v) is 3.65. The minimum Gasteiger partial charge on any atom is -0.497 e. The smallest absolute Gasteiger partial charge is 0.123 e. The number of ether oxygens (including phenoxy) is 2. The van der Waals surface area contributed by atoms with Crippen molar-refractivity contribution in [1.82, 2.24) is 10.4 Å². The van der Waals surface area contributed by atoms with Crippen LogP contribution in [0.2, 0.25) is 0 Å². The largest absolute Gasteiger partial charge is 0.497 e. The third kappa shape index (κ3) is 3.93. The Morgan fingerprint density at radius 1 is 1.24 bits per heavy atom. The number of nitrogens with one attached hydrogen (secondary N) is 1. The zero-order chi connectivity index (χ0) is 15.2. The molecular formula is C15H18BrN3O2. The van der Waals surface area contributed by atoms with E-state index in [4.69, 9.17) is 15.3 Å². The summed E-state index contributed by atoms with van der Waals surface area (Å²) >= 11 is 3.42. The van der Waals surface area contributed by atoms with Crippen molar-refractivity contribution in [2.24, 2.45) is 5.84 Å². The van der Waals surface area contributed by atoms with Gasteiger partial charge in [-0.15, -0.1) is 0 Å². The summed E-state index contributed by atoms with van der Waals surface area (Å²) in [4.78, 5) is 4.17. The molecule has 5 nitrogen and oxygen atoms in total. The number of hydrogen-bond donors (Lipinski definition) is 2. The normalized spacial score (nSPS) is 12.0. The molecule has 3 N–H and O–H groups in total. The van der Waals surface area contributed by atoms with Crippen LogP contribution in [0.15, 0.2) is 41.1 Å². The van der Waals surface area contributed by atoms with E-state index in [1.807, 2.05) is 30.5 Å². The van der Waals surface area contributed by atoms with Gasteiger partial charge in [-0.1, -0.05) is 0 Å². The molecule has 0 fully saturated rings. The molecular weight excluding hydrogens is 334 g/mol. The highest BCUT2D eigenvalue weighted by atomic mass is 79.9. The number of hydrazine groups is 1. The Bertz CT molecular complexity index is 607. The van der Waals surface area contributed by atoms with Crippen LogP contribution in [-0.4, -0.2) is 19.2 Å². The van der Waals surface area contributed by atoms with Gasteiger partial charge in [-0.05, 0) is 52.2 Å². The molecule has 0 aliphatic rings. The quantitative estimate of drug-likeness (QED) is 0.618. The third-order valence-electron chi connectivity index (χ3n) is 3.21. The van der Waals surface area contributed by atoms with Crippen molar-refractivity contribution in [2.45, 2.75) is 12.5 Å². The average Bonchev–Trinajstić information content (AvgIpc) is 2.52. The van der Waals surface area contributed by atoms with Gasteiger partial charge in [-0.2, -0.15) is 0 Å². The van der Waals surface area contributed by atoms with E-state index < -0.39 is 0 Å². The molecule has 2 aromatic rings. The van der Waals surface area contributed by atoms with Gasteiger partial charge in [0.25, 0.3) is 0 Å². The highest BCUT2D eigenvalue weighted by Crippen LogP contribution is 2.31. The molecule has 1 aromatic heterocycles. The second kappa shape index (κ2) is 7.40. The Balaban J connectivity index is 2.32. The maximum absolute atomic E-state index is 5.73. The number of benzene rings is 1. The van der Waals surface area contributed by atoms with Crippen molar-refractivity contribution in [3.05, 3.63) is 52.3 Å². The lowest BCUT2D eigenvalue weighted by Gasteiger charge is -2.20. The lowest BCUT2D eigenvalue weighted by atomic mass is 9.99. The summed E-state index contributed by atoms with van der Waals surface area (Å²) in [6.07, 6.45) is 4.26. The van der Waals surface area contributed by atoms with Gasteiger partial charge in [-0.25, -0.2) is 0 Å². The molecule has 1 unspecified atom stereocenters. The van der Waals surface area contributed by atoms with E-state index in [0.717, 1.165) is 27.1 Å². The SMILES string of the molecule is COc1ccc(OC)c(C(Cc2cncc(Br)c2)NN)c1. The predicted molar refractivity (Wildman–Crippen MR) is 85.3 cm³/mol. The molecule has 112 valence electrons. The van der Waals surface area contributed by atoms with Gasteiger partial charge in [0.1, 0.15) is 11.5 Å². The fourth-order valence-electron chi connectivity index (χ4n) is 2.17. The lowest BCUT2D eigenvalue weighted by molar-refractivity contribution is 0.389. The van der Waals surface area contributed by atoms with E-state index in [1.54, 1.807) is 20.4 Å². The zero-order valence-electron chi connectivity index (χ0n) is 12.0. The minimum atomic E-state index is -0.105. The Morgan fingerprint density at radius 3 is 2.67 bits per heavy atom. The summed E-state index contributed by atoms with van der Waals surface area (Å²) in [6.45, 7) is 0. The van der Waals surface area contributed by atoms with Gasteiger partial charge in [0.05, 0.1) is 20.3 Å². The second-order valence-corrected chi connectivity index (χ2v) is 5.46. The van der Waals surface area contributed by atoms with Crippen LogP contribution in [-0.2, 0) is 6.42 Å². The van der Waals surface area contributed by atoms with Crippen molar-refractivity contribution in [1.29, 1.82) is 0 Å². The Labute approximate surface area is 132 Å². The monoisotopic (exact) mass is 351 g/mol. The number of nitrogens with zero attached hydrogens (tertiary/aromatic N) is 1. The number of pyridine rings is 1. The maximum atomic E-state index is 5.73. The number of halogens is 1. The molecule has 0 saturated carbocycles. The summed E-state index contributed by atoms with van der Waals surface area (Å²) in [5.41, 5.74) is 4.84. The zero-order valence-corrected chi connectivity index (χ0v) is 13.6. The topological polar surface area (TPSA) is 69.4 Å². The molecule has 21 heavy (non-hydrogen) atoms. The van der Waals surface area contributed by atoms with Gasteiger partial charge in [0.2, 0.25) is 0 Å². The van der Waals surface area contributed by atoms with Crippen LogP contribution in [0.3, 0.4) is 0 Å². The average molecular weight is 352 g/mol. The molecule has 1 aromatic carbocycles. The van der Waals surface area contributed by atoms with Crippen molar-refractivity contribution in [2.75, 3.05) is 14.2 Å². The van der Waals surface area contributed by atoms with Crippen molar-refractivity contribution in [3.8, 4) is 11.5 Å².